The summed E-state index contributed by atoms with van der Waals surface area (Å²) in [6.07, 6.45) is -1.41. The highest BCUT2D eigenvalue weighted by Crippen LogP contribution is 2.34. The molecule has 0 radical (unpaired) electrons. The van der Waals surface area contributed by atoms with E-state index in [-0.39, 0.29) is 6.61 Å². The molecule has 1 aliphatic heterocycles. The second-order valence-electron chi connectivity index (χ2n) is 4.70. The largest absolute Gasteiger partial charge is 0.394 e. The van der Waals surface area contributed by atoms with Crippen LogP contribution in [0.3, 0.4) is 0 Å². The highest BCUT2D eigenvalue weighted by molar-refractivity contribution is 7.71. The lowest BCUT2D eigenvalue weighted by atomic mass is 10.2. The van der Waals surface area contributed by atoms with Crippen LogP contribution >= 0.6 is 35.4 Å². The van der Waals surface area contributed by atoms with Gasteiger partial charge >= 0.3 is 0 Å². The number of aromatic nitrogens is 2. The molecule has 0 saturated carbocycles. The van der Waals surface area contributed by atoms with Crippen molar-refractivity contribution >= 4 is 46.5 Å². The molecule has 0 spiro atoms. The molecule has 5 nitrogen and oxygen atoms in total. The maximum Gasteiger partial charge on any atom is 0.180 e. The van der Waals surface area contributed by atoms with Crippen LogP contribution in [0.5, 0.6) is 0 Å². The molecule has 3 atom stereocenters. The number of nitrogens with one attached hydrogen (secondary N) is 1. The minimum atomic E-state index is -0.723. The Kier molecular flexibility index (Phi) is 3.79. The van der Waals surface area contributed by atoms with Gasteiger partial charge in [0.25, 0.3) is 0 Å². The van der Waals surface area contributed by atoms with Gasteiger partial charge in [0.15, 0.2) is 4.77 Å². The molecule has 0 aliphatic carbocycles. The summed E-state index contributed by atoms with van der Waals surface area (Å²) in [4.78, 5) is 3.03. The third-order valence-corrected chi connectivity index (χ3v) is 4.45. The number of aliphatic hydroxyl groups is 2. The van der Waals surface area contributed by atoms with Gasteiger partial charge in [-0.25, -0.2) is 0 Å². The summed E-state index contributed by atoms with van der Waals surface area (Å²) in [5.41, 5.74) is 1.50. The van der Waals surface area contributed by atoms with Gasteiger partial charge in [-0.1, -0.05) is 23.2 Å². The number of hydrogen-bond acceptors (Lipinski definition) is 4. The van der Waals surface area contributed by atoms with Crippen molar-refractivity contribution < 1.29 is 14.9 Å². The average molecular weight is 335 g/mol. The number of rotatable bonds is 2. The van der Waals surface area contributed by atoms with E-state index in [1.54, 1.807) is 16.7 Å². The summed E-state index contributed by atoms with van der Waals surface area (Å²) in [7, 11) is 0. The van der Waals surface area contributed by atoms with Crippen LogP contribution in [0.2, 0.25) is 10.0 Å². The highest BCUT2D eigenvalue weighted by atomic mass is 35.5. The maximum atomic E-state index is 9.83. The topological polar surface area (TPSA) is 70.4 Å². The minimum Gasteiger partial charge on any atom is -0.394 e. The van der Waals surface area contributed by atoms with Crippen LogP contribution in [0.15, 0.2) is 12.1 Å². The molecular weight excluding hydrogens is 323 g/mol. The van der Waals surface area contributed by atoms with Gasteiger partial charge < -0.3 is 19.9 Å². The summed E-state index contributed by atoms with van der Waals surface area (Å²) in [6.45, 7) is -0.236. The number of benzene rings is 1. The first-order valence-corrected chi connectivity index (χ1v) is 7.21. The van der Waals surface area contributed by atoms with Gasteiger partial charge in [0.2, 0.25) is 0 Å². The molecule has 1 aromatic carbocycles. The second-order valence-corrected chi connectivity index (χ2v) is 5.90. The summed E-state index contributed by atoms with van der Waals surface area (Å²) in [5, 5.41) is 19.8. The van der Waals surface area contributed by atoms with Gasteiger partial charge in [0.1, 0.15) is 12.3 Å². The van der Waals surface area contributed by atoms with Gasteiger partial charge in [-0.05, 0) is 24.4 Å². The van der Waals surface area contributed by atoms with Crippen molar-refractivity contribution in [2.75, 3.05) is 6.61 Å². The zero-order valence-electron chi connectivity index (χ0n) is 10.2. The Morgan fingerprint density at radius 1 is 1.40 bits per heavy atom. The molecule has 3 unspecified atom stereocenters. The van der Waals surface area contributed by atoms with Crippen LogP contribution in [-0.4, -0.2) is 38.6 Å². The molecule has 0 amide bonds. The van der Waals surface area contributed by atoms with E-state index in [0.29, 0.717) is 21.2 Å². The summed E-state index contributed by atoms with van der Waals surface area (Å²) in [6, 6.07) is 3.40. The number of H-pyrrole nitrogens is 1. The zero-order valence-corrected chi connectivity index (χ0v) is 12.5. The summed E-state index contributed by atoms with van der Waals surface area (Å²) in [5.74, 6) is 0. The van der Waals surface area contributed by atoms with E-state index in [1.165, 1.54) is 0 Å². The summed E-state index contributed by atoms with van der Waals surface area (Å²) < 4.78 is 7.82. The van der Waals surface area contributed by atoms with Gasteiger partial charge in [-0.15, -0.1) is 0 Å². The predicted octanol–water partition coefficient (Wildman–Crippen LogP) is 2.65. The first-order chi connectivity index (χ1) is 9.51. The molecule has 8 heteroatoms. The molecule has 3 N–H and O–H groups in total. The molecule has 20 heavy (non-hydrogen) atoms. The van der Waals surface area contributed by atoms with E-state index in [1.807, 2.05) is 0 Å². The Hall–Kier alpha value is -0.630. The fourth-order valence-electron chi connectivity index (χ4n) is 2.44. The van der Waals surface area contributed by atoms with Crippen molar-refractivity contribution in [3.8, 4) is 0 Å². The molecule has 2 aromatic rings. The monoisotopic (exact) mass is 334 g/mol. The number of imidazole rings is 1. The number of aromatic amines is 1. The standard InChI is InChI=1S/C12H12Cl2N2O3S/c13-5-1-7-8(2-6(5)14)16(12(20)15-7)11-3-9(18)10(4-17)19-11/h1-2,9-11,17-18H,3-4H2,(H,15,20). The van der Waals surface area contributed by atoms with Gasteiger partial charge in [0.05, 0.1) is 33.8 Å². The number of nitrogens with zero attached hydrogens (tertiary/aromatic N) is 1. The number of aliphatic hydroxyl groups excluding tert-OH is 2. The van der Waals surface area contributed by atoms with Gasteiger partial charge in [-0.3, -0.25) is 4.57 Å². The van der Waals surface area contributed by atoms with Gasteiger partial charge in [-0.2, -0.15) is 0 Å². The minimum absolute atomic E-state index is 0.236. The van der Waals surface area contributed by atoms with Crippen LogP contribution in [0.1, 0.15) is 12.6 Å². The molecule has 108 valence electrons. The zero-order chi connectivity index (χ0) is 14.4. The van der Waals surface area contributed by atoms with E-state index in [9.17, 15) is 5.11 Å². The number of halogens is 2. The predicted molar refractivity (Wildman–Crippen MR) is 78.8 cm³/mol. The smallest absolute Gasteiger partial charge is 0.180 e. The first-order valence-electron chi connectivity index (χ1n) is 6.05. The van der Waals surface area contributed by atoms with Crippen molar-refractivity contribution in [2.45, 2.75) is 24.9 Å². The van der Waals surface area contributed by atoms with Crippen molar-refractivity contribution in [3.05, 3.63) is 26.9 Å². The van der Waals surface area contributed by atoms with E-state index in [0.717, 1.165) is 11.0 Å². The Labute approximate surface area is 129 Å². The first kappa shape index (κ1) is 14.3. The van der Waals surface area contributed by atoms with Crippen molar-refractivity contribution in [2.24, 2.45) is 0 Å². The van der Waals surface area contributed by atoms with E-state index in [2.05, 4.69) is 4.98 Å². The average Bonchev–Trinajstić information content (AvgIpc) is 2.90. The molecule has 1 aromatic heterocycles. The second kappa shape index (κ2) is 5.29. The summed E-state index contributed by atoms with van der Waals surface area (Å²) >= 11 is 17.3. The lowest BCUT2D eigenvalue weighted by Crippen LogP contribution is -2.24. The van der Waals surface area contributed by atoms with Crippen molar-refractivity contribution in [1.82, 2.24) is 9.55 Å². The Balaban J connectivity index is 2.10. The Morgan fingerprint density at radius 2 is 2.10 bits per heavy atom. The Morgan fingerprint density at radius 3 is 2.75 bits per heavy atom. The maximum absolute atomic E-state index is 9.83. The molecule has 2 heterocycles. The van der Waals surface area contributed by atoms with E-state index >= 15 is 0 Å². The van der Waals surface area contributed by atoms with Crippen molar-refractivity contribution in [3.63, 3.8) is 0 Å². The fraction of sp³-hybridized carbons (Fsp3) is 0.417. The molecule has 1 saturated heterocycles. The molecule has 3 rings (SSSR count). The lowest BCUT2D eigenvalue weighted by molar-refractivity contribution is -0.0434. The molecule has 0 bridgehead atoms. The van der Waals surface area contributed by atoms with Gasteiger partial charge in [0, 0.05) is 6.42 Å². The van der Waals surface area contributed by atoms with E-state index in [4.69, 9.17) is 45.3 Å². The number of hydrogen-bond donors (Lipinski definition) is 3. The molecule has 1 aliphatic rings. The number of fused-ring (bicyclic) bond motifs is 1. The van der Waals surface area contributed by atoms with Crippen molar-refractivity contribution in [1.29, 1.82) is 0 Å². The molecule has 1 fully saturated rings. The van der Waals surface area contributed by atoms with Crippen LogP contribution in [0, 0.1) is 4.77 Å². The third-order valence-electron chi connectivity index (χ3n) is 3.43. The Bertz CT molecular complexity index is 715. The third kappa shape index (κ3) is 2.26. The fourth-order valence-corrected chi connectivity index (χ4v) is 3.09. The van der Waals surface area contributed by atoms with Crippen LogP contribution in [0.4, 0.5) is 0 Å². The van der Waals surface area contributed by atoms with Crippen LogP contribution in [0.25, 0.3) is 11.0 Å². The van der Waals surface area contributed by atoms with Crippen LogP contribution in [-0.2, 0) is 4.74 Å². The normalized spacial score (nSPS) is 26.5. The number of ether oxygens (including phenoxy) is 1. The van der Waals surface area contributed by atoms with Crippen LogP contribution < -0.4 is 0 Å². The quantitative estimate of drug-likeness (QED) is 0.738. The highest BCUT2D eigenvalue weighted by Gasteiger charge is 2.35. The molecular formula is C12H12Cl2N2O3S. The SMILES string of the molecule is OCC1OC(n2c(=S)[nH]c3cc(Cl)c(Cl)cc32)CC1O. The lowest BCUT2D eigenvalue weighted by Gasteiger charge is -2.14. The van der Waals surface area contributed by atoms with E-state index < -0.39 is 18.4 Å².